The molecule has 0 bridgehead atoms. The lowest BCUT2D eigenvalue weighted by Gasteiger charge is -2.13. The van der Waals surface area contributed by atoms with Crippen LogP contribution < -0.4 is 0 Å². The zero-order chi connectivity index (χ0) is 74.3. The van der Waals surface area contributed by atoms with Crippen molar-refractivity contribution in [3.63, 3.8) is 0 Å². The third-order valence-corrected chi connectivity index (χ3v) is 21.7. The summed E-state index contributed by atoms with van der Waals surface area (Å²) in [6.07, 6.45) is 7.73. The normalized spacial score (nSPS) is 11.4. The second kappa shape index (κ2) is 29.0. The monoisotopic (exact) mass is 1420 g/mol. The van der Waals surface area contributed by atoms with Gasteiger partial charge in [0.25, 0.3) is 0 Å². The van der Waals surface area contributed by atoms with Crippen molar-refractivity contribution in [3.05, 3.63) is 413 Å². The quantitative estimate of drug-likeness (QED) is 0.113. The minimum absolute atomic E-state index is 0.681. The molecule has 0 saturated carbocycles. The third-order valence-electron chi connectivity index (χ3n) is 21.7. The summed E-state index contributed by atoms with van der Waals surface area (Å²) in [7, 11) is 0. The molecule has 4 aromatic heterocycles. The summed E-state index contributed by atoms with van der Waals surface area (Å²) >= 11 is 0. The van der Waals surface area contributed by atoms with E-state index in [1.807, 2.05) is 24.8 Å². The average Bonchev–Trinajstić information content (AvgIpc) is 0.735. The fourth-order valence-electron chi connectivity index (χ4n) is 16.0. The van der Waals surface area contributed by atoms with E-state index in [0.717, 1.165) is 111 Å². The van der Waals surface area contributed by atoms with Gasteiger partial charge in [-0.15, -0.1) is 0 Å². The van der Waals surface area contributed by atoms with Crippen LogP contribution >= 0.6 is 0 Å². The SMILES string of the molecule is c1cc(-c2cc(-c3ccc(-c4cncc5ccccc45)cc3)nc(-c3ccc(-c4cc5ccccc5c5ccccc45)cc3)n2)cc(-c2cccc3ccccc23)c1.c1cc(-c2ccc3ccccc3c2)cc(-c2nc(-c3ccc(-c4cccc5ccccc45)cc3)cc(-c3ccc(-c4cncc5ccccc45)cc3)n2)c1. The van der Waals surface area contributed by atoms with Crippen LogP contribution in [0.25, 0.3) is 210 Å². The number of nitrogens with zero attached hydrogens (tertiary/aromatic N) is 6. The van der Waals surface area contributed by atoms with Gasteiger partial charge in [0.15, 0.2) is 11.6 Å². The van der Waals surface area contributed by atoms with Crippen molar-refractivity contribution < 1.29 is 0 Å². The largest absolute Gasteiger partial charge is 0.263 e. The molecule has 0 spiro atoms. The number of hydrogen-bond donors (Lipinski definition) is 0. The molecule has 0 radical (unpaired) electrons. The van der Waals surface area contributed by atoms with Crippen molar-refractivity contribution in [2.24, 2.45) is 0 Å². The van der Waals surface area contributed by atoms with Crippen LogP contribution in [0.4, 0.5) is 0 Å². The molecule has 0 aliphatic heterocycles. The zero-order valence-electron chi connectivity index (χ0n) is 60.9. The summed E-state index contributed by atoms with van der Waals surface area (Å²) < 4.78 is 0. The maximum Gasteiger partial charge on any atom is 0.160 e. The molecule has 17 aromatic carbocycles. The highest BCUT2D eigenvalue weighted by Gasteiger charge is 2.19. The van der Waals surface area contributed by atoms with Gasteiger partial charge in [0, 0.05) is 80.1 Å². The minimum Gasteiger partial charge on any atom is -0.263 e. The molecule has 0 fully saturated rings. The molecular formula is C106H68N6. The molecule has 0 atom stereocenters. The maximum absolute atomic E-state index is 5.27. The number of aromatic nitrogens is 6. The van der Waals surface area contributed by atoms with Gasteiger partial charge in [-0.2, -0.15) is 0 Å². The first kappa shape index (κ1) is 66.5. The summed E-state index contributed by atoms with van der Waals surface area (Å²) in [5, 5.41) is 17.0. The van der Waals surface area contributed by atoms with Crippen molar-refractivity contribution in [2.75, 3.05) is 0 Å². The van der Waals surface area contributed by atoms with Crippen LogP contribution in [0.5, 0.6) is 0 Å². The average molecular weight is 1430 g/mol. The summed E-state index contributed by atoms with van der Waals surface area (Å²) in [4.78, 5) is 30.0. The van der Waals surface area contributed by atoms with Gasteiger partial charge < -0.3 is 0 Å². The topological polar surface area (TPSA) is 77.3 Å². The van der Waals surface area contributed by atoms with Crippen LogP contribution in [-0.4, -0.2) is 29.9 Å². The predicted molar refractivity (Wildman–Crippen MR) is 467 cm³/mol. The van der Waals surface area contributed by atoms with Crippen LogP contribution in [0.2, 0.25) is 0 Å². The molecular weight excluding hydrogens is 1360 g/mol. The lowest BCUT2D eigenvalue weighted by atomic mass is 9.93. The predicted octanol–water partition coefficient (Wildman–Crippen LogP) is 27.8. The molecule has 522 valence electrons. The van der Waals surface area contributed by atoms with Crippen molar-refractivity contribution >= 4 is 75.4 Å². The molecule has 0 unspecified atom stereocenters. The Kier molecular flexibility index (Phi) is 17.2. The van der Waals surface area contributed by atoms with Crippen molar-refractivity contribution in [1.29, 1.82) is 0 Å². The maximum atomic E-state index is 5.27. The van der Waals surface area contributed by atoms with E-state index in [-0.39, 0.29) is 0 Å². The van der Waals surface area contributed by atoms with E-state index in [4.69, 9.17) is 19.9 Å². The lowest BCUT2D eigenvalue weighted by Crippen LogP contribution is -1.96. The third kappa shape index (κ3) is 12.9. The Bertz CT molecular complexity index is 7010. The first-order valence-electron chi connectivity index (χ1n) is 37.9. The Balaban J connectivity index is 0.000000146. The Morgan fingerprint density at radius 2 is 0.464 bits per heavy atom. The van der Waals surface area contributed by atoms with Crippen molar-refractivity contribution in [2.45, 2.75) is 0 Å². The minimum atomic E-state index is 0.681. The Morgan fingerprint density at radius 1 is 0.134 bits per heavy atom. The Hall–Kier alpha value is -15.0. The van der Waals surface area contributed by atoms with E-state index < -0.39 is 0 Å². The molecule has 21 rings (SSSR count). The van der Waals surface area contributed by atoms with Crippen molar-refractivity contribution in [3.8, 4) is 135 Å². The van der Waals surface area contributed by atoms with E-state index in [1.165, 1.54) is 86.9 Å². The first-order valence-corrected chi connectivity index (χ1v) is 37.9. The molecule has 4 heterocycles. The summed E-state index contributed by atoms with van der Waals surface area (Å²) in [6, 6.07) is 138. The van der Waals surface area contributed by atoms with E-state index in [0.29, 0.717) is 11.6 Å². The van der Waals surface area contributed by atoms with Crippen LogP contribution in [0, 0.1) is 0 Å². The highest BCUT2D eigenvalue weighted by Crippen LogP contribution is 2.41. The molecule has 6 heteroatoms. The van der Waals surface area contributed by atoms with Crippen LogP contribution in [-0.2, 0) is 0 Å². The van der Waals surface area contributed by atoms with E-state index in [2.05, 4.69) is 398 Å². The van der Waals surface area contributed by atoms with Crippen LogP contribution in [0.3, 0.4) is 0 Å². The van der Waals surface area contributed by atoms with Crippen LogP contribution in [0.15, 0.2) is 413 Å². The summed E-state index contributed by atoms with van der Waals surface area (Å²) in [6.45, 7) is 0. The smallest absolute Gasteiger partial charge is 0.160 e. The molecule has 6 nitrogen and oxygen atoms in total. The lowest BCUT2D eigenvalue weighted by molar-refractivity contribution is 1.18. The highest BCUT2D eigenvalue weighted by atomic mass is 14.9. The molecule has 0 saturated heterocycles. The van der Waals surface area contributed by atoms with Gasteiger partial charge >= 0.3 is 0 Å². The Morgan fingerprint density at radius 3 is 1.01 bits per heavy atom. The van der Waals surface area contributed by atoms with Gasteiger partial charge in [0.2, 0.25) is 0 Å². The molecule has 0 N–H and O–H groups in total. The molecule has 0 aliphatic rings. The summed E-state index contributed by atoms with van der Waals surface area (Å²) in [5.74, 6) is 1.37. The first-order chi connectivity index (χ1) is 55.5. The number of fused-ring (bicyclic) bond motifs is 8. The summed E-state index contributed by atoms with van der Waals surface area (Å²) in [5.41, 5.74) is 23.4. The Labute approximate surface area is 648 Å². The fraction of sp³-hybridized carbons (Fsp3) is 0. The molecule has 112 heavy (non-hydrogen) atoms. The van der Waals surface area contributed by atoms with Crippen LogP contribution in [0.1, 0.15) is 0 Å². The van der Waals surface area contributed by atoms with Gasteiger partial charge in [-0.1, -0.05) is 352 Å². The van der Waals surface area contributed by atoms with Gasteiger partial charge in [-0.05, 0) is 157 Å². The molecule has 0 amide bonds. The van der Waals surface area contributed by atoms with E-state index in [1.54, 1.807) is 0 Å². The van der Waals surface area contributed by atoms with Gasteiger partial charge in [0.1, 0.15) is 0 Å². The van der Waals surface area contributed by atoms with Gasteiger partial charge in [-0.25, -0.2) is 19.9 Å². The van der Waals surface area contributed by atoms with Gasteiger partial charge in [-0.3, -0.25) is 9.97 Å². The van der Waals surface area contributed by atoms with Crippen molar-refractivity contribution in [1.82, 2.24) is 29.9 Å². The fourth-order valence-corrected chi connectivity index (χ4v) is 16.0. The number of benzene rings is 17. The van der Waals surface area contributed by atoms with E-state index >= 15 is 0 Å². The highest BCUT2D eigenvalue weighted by molar-refractivity contribution is 6.14. The van der Waals surface area contributed by atoms with E-state index in [9.17, 15) is 0 Å². The van der Waals surface area contributed by atoms with Gasteiger partial charge in [0.05, 0.1) is 22.8 Å². The number of pyridine rings is 2. The zero-order valence-corrected chi connectivity index (χ0v) is 60.9. The molecule has 0 aliphatic carbocycles. The number of rotatable bonds is 12. The standard InChI is InChI=1S/C55H35N3.C51H33N3/c1-4-17-45-36(11-1)14-10-22-46(45)41-15-9-16-43(31-41)54-33-53(39-27-23-38(24-28-39)52-35-56-34-44-13-3-6-19-48(44)52)57-55(58-54)40-29-25-37(26-30-40)51-32-42-12-2-5-18-47(42)49-20-7-8-21-50(49)51;1-2-11-40-29-42(28-19-34(40)9-1)41-14-7-15-43(30-41)51-53-49(38-24-20-36(21-25-38)46-18-8-13-35-10-3-5-16-45(35)46)31-50(54-51)39-26-22-37(23-27-39)48-33-52-32-44-12-4-6-17-47(44)48/h1-35H;1-33H. The molecule has 21 aromatic rings. The second-order valence-electron chi connectivity index (χ2n) is 28.5. The second-order valence-corrected chi connectivity index (χ2v) is 28.5. The number of hydrogen-bond acceptors (Lipinski definition) is 6.